The smallest absolute Gasteiger partial charge is 0.213 e. The van der Waals surface area contributed by atoms with Crippen LogP contribution < -0.4 is 4.74 Å². The Morgan fingerprint density at radius 3 is 2.87 bits per heavy atom. The van der Waals surface area contributed by atoms with Gasteiger partial charge in [0.25, 0.3) is 0 Å². The molecule has 78 valence electrons. The summed E-state index contributed by atoms with van der Waals surface area (Å²) in [5, 5.41) is 9.72. The van der Waals surface area contributed by atoms with Crippen molar-refractivity contribution in [3.63, 3.8) is 0 Å². The predicted molar refractivity (Wildman–Crippen MR) is 58.9 cm³/mol. The van der Waals surface area contributed by atoms with Crippen LogP contribution in [-0.2, 0) is 0 Å². The second kappa shape index (κ2) is 4.75. The zero-order chi connectivity index (χ0) is 10.5. The molecule has 1 heterocycles. The molecule has 0 saturated heterocycles. The van der Waals surface area contributed by atoms with Crippen LogP contribution in [0.15, 0.2) is 36.4 Å². The van der Waals surface area contributed by atoms with E-state index in [1.165, 1.54) is 0 Å². The average molecular weight is 203 g/mol. The summed E-state index contributed by atoms with van der Waals surface area (Å²) >= 11 is 0. The van der Waals surface area contributed by atoms with Gasteiger partial charge in [0.15, 0.2) is 0 Å². The van der Waals surface area contributed by atoms with Crippen molar-refractivity contribution in [3.05, 3.63) is 36.4 Å². The number of para-hydroxylation sites is 1. The van der Waals surface area contributed by atoms with E-state index >= 15 is 0 Å². The first-order valence-corrected chi connectivity index (χ1v) is 4.99. The highest BCUT2D eigenvalue weighted by Crippen LogP contribution is 2.15. The quantitative estimate of drug-likeness (QED) is 0.773. The van der Waals surface area contributed by atoms with Gasteiger partial charge in [-0.1, -0.05) is 18.2 Å². The van der Waals surface area contributed by atoms with Crippen molar-refractivity contribution in [2.45, 2.75) is 6.42 Å². The van der Waals surface area contributed by atoms with Gasteiger partial charge >= 0.3 is 0 Å². The number of hydrogen-bond acceptors (Lipinski definition) is 3. The average Bonchev–Trinajstić information content (AvgIpc) is 2.29. The molecule has 0 aliphatic rings. The molecule has 0 bridgehead atoms. The van der Waals surface area contributed by atoms with Crippen LogP contribution in [0, 0.1) is 0 Å². The molecule has 3 nitrogen and oxygen atoms in total. The van der Waals surface area contributed by atoms with Gasteiger partial charge in [0.05, 0.1) is 12.1 Å². The standard InChI is InChI=1S/C12H13NO2/c14-8-3-9-15-12-7-6-10-4-1-2-5-11(10)13-12/h1-2,4-7,14H,3,8-9H2. The Kier molecular flexibility index (Phi) is 3.15. The van der Waals surface area contributed by atoms with E-state index in [9.17, 15) is 0 Å². The summed E-state index contributed by atoms with van der Waals surface area (Å²) < 4.78 is 5.38. The molecule has 0 amide bonds. The highest BCUT2D eigenvalue weighted by atomic mass is 16.5. The van der Waals surface area contributed by atoms with Crippen LogP contribution in [0.4, 0.5) is 0 Å². The summed E-state index contributed by atoms with van der Waals surface area (Å²) in [4.78, 5) is 4.34. The van der Waals surface area contributed by atoms with Gasteiger partial charge in [-0.15, -0.1) is 0 Å². The lowest BCUT2D eigenvalue weighted by atomic mass is 10.2. The van der Waals surface area contributed by atoms with Crippen molar-refractivity contribution < 1.29 is 9.84 Å². The highest BCUT2D eigenvalue weighted by molar-refractivity contribution is 5.78. The monoisotopic (exact) mass is 203 g/mol. The molecule has 0 atom stereocenters. The lowest BCUT2D eigenvalue weighted by Crippen LogP contribution is -2.00. The van der Waals surface area contributed by atoms with Crippen molar-refractivity contribution in [2.24, 2.45) is 0 Å². The molecule has 15 heavy (non-hydrogen) atoms. The van der Waals surface area contributed by atoms with E-state index in [-0.39, 0.29) is 6.61 Å². The van der Waals surface area contributed by atoms with Gasteiger partial charge < -0.3 is 9.84 Å². The van der Waals surface area contributed by atoms with E-state index < -0.39 is 0 Å². The molecule has 0 saturated carbocycles. The first-order chi connectivity index (χ1) is 7.40. The van der Waals surface area contributed by atoms with E-state index in [0.29, 0.717) is 18.9 Å². The topological polar surface area (TPSA) is 42.4 Å². The number of pyridine rings is 1. The summed E-state index contributed by atoms with van der Waals surface area (Å²) in [6, 6.07) is 11.7. The molecule has 3 heteroatoms. The Morgan fingerprint density at radius 2 is 2.00 bits per heavy atom. The lowest BCUT2D eigenvalue weighted by Gasteiger charge is -2.04. The van der Waals surface area contributed by atoms with Gasteiger partial charge in [0.2, 0.25) is 5.88 Å². The van der Waals surface area contributed by atoms with E-state index in [0.717, 1.165) is 10.9 Å². The lowest BCUT2D eigenvalue weighted by molar-refractivity contribution is 0.229. The SMILES string of the molecule is OCCCOc1ccc2ccccc2n1. The van der Waals surface area contributed by atoms with Crippen molar-refractivity contribution >= 4 is 10.9 Å². The number of aliphatic hydroxyl groups excluding tert-OH is 1. The van der Waals surface area contributed by atoms with Crippen LogP contribution in [0.1, 0.15) is 6.42 Å². The summed E-state index contributed by atoms with van der Waals surface area (Å²) in [6.45, 7) is 0.648. The fraction of sp³-hybridized carbons (Fsp3) is 0.250. The van der Waals surface area contributed by atoms with Gasteiger partial charge in [0, 0.05) is 24.5 Å². The van der Waals surface area contributed by atoms with Crippen LogP contribution in [0.2, 0.25) is 0 Å². The molecule has 1 aromatic heterocycles. The number of fused-ring (bicyclic) bond motifs is 1. The second-order valence-electron chi connectivity index (χ2n) is 3.27. The molecule has 0 fully saturated rings. The molecular formula is C12H13NO2. The molecule has 1 N–H and O–H groups in total. The van der Waals surface area contributed by atoms with Crippen LogP contribution in [-0.4, -0.2) is 23.3 Å². The summed E-state index contributed by atoms with van der Waals surface area (Å²) in [6.07, 6.45) is 0.633. The Labute approximate surface area is 88.3 Å². The maximum absolute atomic E-state index is 8.62. The summed E-state index contributed by atoms with van der Waals surface area (Å²) in [5.74, 6) is 0.613. The number of hydrogen-bond donors (Lipinski definition) is 1. The van der Waals surface area contributed by atoms with E-state index in [4.69, 9.17) is 9.84 Å². The first kappa shape index (κ1) is 9.93. The van der Waals surface area contributed by atoms with Crippen molar-refractivity contribution in [3.8, 4) is 5.88 Å². The molecule has 0 unspecified atom stereocenters. The number of aliphatic hydroxyl groups is 1. The fourth-order valence-corrected chi connectivity index (χ4v) is 1.37. The normalized spacial score (nSPS) is 10.5. The van der Waals surface area contributed by atoms with Crippen molar-refractivity contribution in [1.82, 2.24) is 4.98 Å². The van der Waals surface area contributed by atoms with Gasteiger partial charge in [0.1, 0.15) is 0 Å². The first-order valence-electron chi connectivity index (χ1n) is 4.99. The van der Waals surface area contributed by atoms with Gasteiger partial charge in [-0.05, 0) is 12.1 Å². The van der Waals surface area contributed by atoms with Gasteiger partial charge in [-0.25, -0.2) is 4.98 Å². The molecule has 0 aliphatic carbocycles. The Morgan fingerprint density at radius 1 is 1.13 bits per heavy atom. The number of aromatic nitrogens is 1. The number of rotatable bonds is 4. The van der Waals surface area contributed by atoms with Gasteiger partial charge in [-0.3, -0.25) is 0 Å². The number of nitrogens with zero attached hydrogens (tertiary/aromatic N) is 1. The Bertz CT molecular complexity index is 442. The van der Waals surface area contributed by atoms with E-state index in [1.807, 2.05) is 36.4 Å². The molecular weight excluding hydrogens is 190 g/mol. The largest absolute Gasteiger partial charge is 0.478 e. The highest BCUT2D eigenvalue weighted by Gasteiger charge is 1.97. The van der Waals surface area contributed by atoms with Crippen LogP contribution >= 0.6 is 0 Å². The predicted octanol–water partition coefficient (Wildman–Crippen LogP) is 2.00. The molecule has 2 rings (SSSR count). The van der Waals surface area contributed by atoms with Crippen molar-refractivity contribution in [2.75, 3.05) is 13.2 Å². The van der Waals surface area contributed by atoms with Gasteiger partial charge in [-0.2, -0.15) is 0 Å². The Hall–Kier alpha value is -1.61. The molecule has 0 spiro atoms. The Balaban J connectivity index is 2.16. The zero-order valence-corrected chi connectivity index (χ0v) is 8.39. The second-order valence-corrected chi connectivity index (χ2v) is 3.27. The summed E-state index contributed by atoms with van der Waals surface area (Å²) in [7, 11) is 0. The van der Waals surface area contributed by atoms with Crippen LogP contribution in [0.25, 0.3) is 10.9 Å². The maximum Gasteiger partial charge on any atom is 0.213 e. The number of benzene rings is 1. The maximum atomic E-state index is 8.62. The number of ether oxygens (including phenoxy) is 1. The van der Waals surface area contributed by atoms with E-state index in [1.54, 1.807) is 0 Å². The molecule has 0 radical (unpaired) electrons. The molecule has 0 aliphatic heterocycles. The van der Waals surface area contributed by atoms with Crippen LogP contribution in [0.5, 0.6) is 5.88 Å². The molecule has 2 aromatic rings. The summed E-state index contributed by atoms with van der Waals surface area (Å²) in [5.41, 5.74) is 0.930. The van der Waals surface area contributed by atoms with Crippen molar-refractivity contribution in [1.29, 1.82) is 0 Å². The molecule has 1 aromatic carbocycles. The zero-order valence-electron chi connectivity index (χ0n) is 8.39. The fourth-order valence-electron chi connectivity index (χ4n) is 1.37. The minimum absolute atomic E-state index is 0.146. The third kappa shape index (κ3) is 2.44. The third-order valence-electron chi connectivity index (χ3n) is 2.13. The minimum Gasteiger partial charge on any atom is -0.478 e. The van der Waals surface area contributed by atoms with Crippen LogP contribution in [0.3, 0.4) is 0 Å². The minimum atomic E-state index is 0.146. The third-order valence-corrected chi connectivity index (χ3v) is 2.13. The van der Waals surface area contributed by atoms with E-state index in [2.05, 4.69) is 4.98 Å².